The average molecular weight is 394 g/mol. The summed E-state index contributed by atoms with van der Waals surface area (Å²) in [6.45, 7) is 3.19. The molecule has 0 spiro atoms. The number of ether oxygens (including phenoxy) is 1. The van der Waals surface area contributed by atoms with E-state index in [4.69, 9.17) is 4.74 Å². The van der Waals surface area contributed by atoms with Gasteiger partial charge in [0.1, 0.15) is 5.75 Å². The van der Waals surface area contributed by atoms with Gasteiger partial charge < -0.3 is 15.0 Å². The number of benzene rings is 1. The van der Waals surface area contributed by atoms with Crippen LogP contribution in [0.3, 0.4) is 0 Å². The molecule has 1 amide bonds. The molecule has 2 heterocycles. The van der Waals surface area contributed by atoms with Crippen LogP contribution in [0, 0.1) is 11.8 Å². The molecule has 1 aliphatic rings. The van der Waals surface area contributed by atoms with E-state index in [1.54, 1.807) is 29.1 Å². The van der Waals surface area contributed by atoms with Crippen molar-refractivity contribution in [3.63, 3.8) is 0 Å². The van der Waals surface area contributed by atoms with Crippen LogP contribution < -0.4 is 15.7 Å². The summed E-state index contributed by atoms with van der Waals surface area (Å²) < 4.78 is 7.39. The second-order valence-electron chi connectivity index (χ2n) is 7.60. The van der Waals surface area contributed by atoms with Crippen molar-refractivity contribution in [1.29, 1.82) is 0 Å². The van der Waals surface area contributed by atoms with Gasteiger partial charge in [0, 0.05) is 36.6 Å². The Kier molecular flexibility index (Phi) is 5.64. The fraction of sp³-hybridized carbons (Fsp3) is 0.409. The molecule has 1 saturated carbocycles. The molecule has 0 bridgehead atoms. The monoisotopic (exact) mass is 394 g/mol. The first-order chi connectivity index (χ1) is 14.1. The van der Waals surface area contributed by atoms with Crippen LogP contribution in [0.2, 0.25) is 0 Å². The molecule has 1 fully saturated rings. The summed E-state index contributed by atoms with van der Waals surface area (Å²) >= 11 is 0. The molecule has 0 unspecified atom stereocenters. The Morgan fingerprint density at radius 1 is 1.21 bits per heavy atom. The Morgan fingerprint density at radius 3 is 2.69 bits per heavy atom. The van der Waals surface area contributed by atoms with Crippen LogP contribution in [0.25, 0.3) is 11.0 Å². The number of carbonyl (C=O) groups is 1. The Morgan fingerprint density at radius 2 is 1.97 bits per heavy atom. The zero-order valence-corrected chi connectivity index (χ0v) is 16.6. The molecule has 0 radical (unpaired) electrons. The first kappa shape index (κ1) is 19.2. The van der Waals surface area contributed by atoms with Crippen LogP contribution in [0.15, 0.2) is 47.5 Å². The molecule has 7 nitrogen and oxygen atoms in total. The van der Waals surface area contributed by atoms with Crippen molar-refractivity contribution in [3.05, 3.63) is 53.2 Å². The van der Waals surface area contributed by atoms with Gasteiger partial charge in [-0.25, -0.2) is 4.79 Å². The number of rotatable bonds is 6. The summed E-state index contributed by atoms with van der Waals surface area (Å²) in [5, 5.41) is 2.97. The summed E-state index contributed by atoms with van der Waals surface area (Å²) in [6, 6.07) is 9.27. The lowest BCUT2D eigenvalue weighted by atomic mass is 9.81. The van der Waals surface area contributed by atoms with Crippen molar-refractivity contribution >= 4 is 22.6 Å². The minimum absolute atomic E-state index is 0.0173. The number of nitrogens with zero attached hydrogens (tertiary/aromatic N) is 2. The standard InChI is InChI=1S/C22H26N4O3/c1-2-29-18-7-8-19-20(13-18)26(22(28)25-19)14-15-3-5-16(6-4-15)21(27)24-17-9-11-23-12-10-17/h7-13,15-16H,2-6,14H2,1H3,(H,25,28)(H,23,24,27). The van der Waals surface area contributed by atoms with Gasteiger partial charge in [-0.3, -0.25) is 14.3 Å². The Hall–Kier alpha value is -3.09. The second-order valence-corrected chi connectivity index (χ2v) is 7.60. The van der Waals surface area contributed by atoms with Crippen LogP contribution in [0.5, 0.6) is 5.75 Å². The number of H-pyrrole nitrogens is 1. The molecular formula is C22H26N4O3. The maximum atomic E-state index is 12.5. The van der Waals surface area contributed by atoms with Gasteiger partial charge in [-0.05, 0) is 62.8 Å². The van der Waals surface area contributed by atoms with Gasteiger partial charge in [0.05, 0.1) is 17.6 Å². The molecule has 0 saturated heterocycles. The van der Waals surface area contributed by atoms with Crippen LogP contribution >= 0.6 is 0 Å². The average Bonchev–Trinajstić information content (AvgIpc) is 3.04. The van der Waals surface area contributed by atoms with Crippen molar-refractivity contribution in [2.75, 3.05) is 11.9 Å². The number of hydrogen-bond acceptors (Lipinski definition) is 4. The van der Waals surface area contributed by atoms with E-state index < -0.39 is 0 Å². The third kappa shape index (κ3) is 4.34. The lowest BCUT2D eigenvalue weighted by molar-refractivity contribution is -0.121. The fourth-order valence-electron chi connectivity index (χ4n) is 4.12. The lowest BCUT2D eigenvalue weighted by Gasteiger charge is -2.28. The highest BCUT2D eigenvalue weighted by Crippen LogP contribution is 2.31. The van der Waals surface area contributed by atoms with Gasteiger partial charge in [0.15, 0.2) is 0 Å². The van der Waals surface area contributed by atoms with Gasteiger partial charge >= 0.3 is 5.69 Å². The molecule has 7 heteroatoms. The zero-order valence-electron chi connectivity index (χ0n) is 16.6. The molecule has 3 aromatic rings. The molecule has 29 heavy (non-hydrogen) atoms. The lowest BCUT2D eigenvalue weighted by Crippen LogP contribution is -2.30. The highest BCUT2D eigenvalue weighted by molar-refractivity contribution is 5.92. The maximum absolute atomic E-state index is 12.5. The summed E-state index contributed by atoms with van der Waals surface area (Å²) in [5.74, 6) is 1.24. The third-order valence-electron chi connectivity index (χ3n) is 5.66. The summed E-state index contributed by atoms with van der Waals surface area (Å²) in [7, 11) is 0. The van der Waals surface area contributed by atoms with Crippen molar-refractivity contribution in [2.24, 2.45) is 11.8 Å². The summed E-state index contributed by atoms with van der Waals surface area (Å²) in [5.41, 5.74) is 2.39. The van der Waals surface area contributed by atoms with Crippen molar-refractivity contribution < 1.29 is 9.53 Å². The smallest absolute Gasteiger partial charge is 0.326 e. The quantitative estimate of drug-likeness (QED) is 0.669. The molecule has 1 aromatic carbocycles. The molecule has 2 N–H and O–H groups in total. The predicted octanol–water partition coefficient (Wildman–Crippen LogP) is 3.57. The van der Waals surface area contributed by atoms with Gasteiger partial charge in [-0.1, -0.05) is 0 Å². The number of carbonyl (C=O) groups excluding carboxylic acids is 1. The maximum Gasteiger partial charge on any atom is 0.326 e. The predicted molar refractivity (Wildman–Crippen MR) is 112 cm³/mol. The third-order valence-corrected chi connectivity index (χ3v) is 5.66. The Balaban J connectivity index is 1.39. The number of fused-ring (bicyclic) bond motifs is 1. The number of pyridine rings is 1. The zero-order chi connectivity index (χ0) is 20.2. The number of anilines is 1. The normalized spacial score (nSPS) is 19.2. The molecule has 2 aromatic heterocycles. The minimum atomic E-state index is -0.0915. The molecule has 152 valence electrons. The molecule has 0 aliphatic heterocycles. The highest BCUT2D eigenvalue weighted by atomic mass is 16.5. The summed E-state index contributed by atoms with van der Waals surface area (Å²) in [4.78, 5) is 31.9. The first-order valence-electron chi connectivity index (χ1n) is 10.2. The van der Waals surface area contributed by atoms with Crippen molar-refractivity contribution in [3.8, 4) is 5.75 Å². The van der Waals surface area contributed by atoms with Crippen molar-refractivity contribution in [2.45, 2.75) is 39.2 Å². The van der Waals surface area contributed by atoms with E-state index in [1.165, 1.54) is 0 Å². The minimum Gasteiger partial charge on any atom is -0.494 e. The largest absolute Gasteiger partial charge is 0.494 e. The molecule has 4 rings (SSSR count). The summed E-state index contributed by atoms with van der Waals surface area (Å²) in [6.07, 6.45) is 6.87. The van der Waals surface area contributed by atoms with Gasteiger partial charge in [0.2, 0.25) is 5.91 Å². The van der Waals surface area contributed by atoms with Crippen molar-refractivity contribution in [1.82, 2.24) is 14.5 Å². The van der Waals surface area contributed by atoms with Gasteiger partial charge in [-0.2, -0.15) is 0 Å². The number of hydrogen-bond donors (Lipinski definition) is 2. The van der Waals surface area contributed by atoms with E-state index in [-0.39, 0.29) is 17.5 Å². The van der Waals surface area contributed by atoms with E-state index in [2.05, 4.69) is 15.3 Å². The number of aromatic amines is 1. The van der Waals surface area contributed by atoms with Crippen LogP contribution in [0.4, 0.5) is 5.69 Å². The van der Waals surface area contributed by atoms with Crippen LogP contribution in [-0.4, -0.2) is 27.0 Å². The number of nitrogens with one attached hydrogen (secondary N) is 2. The number of imidazole rings is 1. The van der Waals surface area contributed by atoms with E-state index in [9.17, 15) is 9.59 Å². The molecular weight excluding hydrogens is 368 g/mol. The molecule has 0 atom stereocenters. The highest BCUT2D eigenvalue weighted by Gasteiger charge is 2.27. The molecule has 1 aliphatic carbocycles. The topological polar surface area (TPSA) is 89.0 Å². The van der Waals surface area contributed by atoms with Gasteiger partial charge in [0.25, 0.3) is 0 Å². The number of amides is 1. The van der Waals surface area contributed by atoms with Crippen LogP contribution in [-0.2, 0) is 11.3 Å². The Labute approximate surface area is 169 Å². The fourth-order valence-corrected chi connectivity index (χ4v) is 4.12. The second kappa shape index (κ2) is 8.51. The SMILES string of the molecule is CCOc1ccc2[nH]c(=O)n(CC3CCC(C(=O)Nc4ccncc4)CC3)c2c1. The van der Waals surface area contributed by atoms with E-state index in [0.29, 0.717) is 19.1 Å². The van der Waals surface area contributed by atoms with E-state index in [0.717, 1.165) is 48.2 Å². The van der Waals surface area contributed by atoms with Crippen LogP contribution in [0.1, 0.15) is 32.6 Å². The van der Waals surface area contributed by atoms with E-state index in [1.807, 2.05) is 25.1 Å². The van der Waals surface area contributed by atoms with E-state index >= 15 is 0 Å². The number of aromatic nitrogens is 3. The Bertz CT molecular complexity index is 1030. The van der Waals surface area contributed by atoms with Gasteiger partial charge in [-0.15, -0.1) is 0 Å². The first-order valence-corrected chi connectivity index (χ1v) is 10.2.